The fourth-order valence-corrected chi connectivity index (χ4v) is 1.50. The summed E-state index contributed by atoms with van der Waals surface area (Å²) in [6, 6.07) is 6.27. The molecule has 0 unspecified atom stereocenters. The molecule has 7 heteroatoms. The van der Waals surface area contributed by atoms with Crippen molar-refractivity contribution in [1.29, 1.82) is 0 Å². The first-order valence-corrected chi connectivity index (χ1v) is 6.75. The van der Waals surface area contributed by atoms with E-state index in [1.165, 1.54) is 17.0 Å². The maximum absolute atomic E-state index is 12.0. The van der Waals surface area contributed by atoms with Crippen LogP contribution in [0.5, 0.6) is 5.75 Å². The van der Waals surface area contributed by atoms with Gasteiger partial charge in [0.1, 0.15) is 11.3 Å². The predicted octanol–water partition coefficient (Wildman–Crippen LogP) is 0.574. The highest BCUT2D eigenvalue weighted by atomic mass is 16.5. The van der Waals surface area contributed by atoms with Crippen molar-refractivity contribution in [2.24, 2.45) is 5.73 Å². The molecule has 0 aromatic heterocycles. The van der Waals surface area contributed by atoms with Crippen molar-refractivity contribution >= 4 is 17.8 Å². The van der Waals surface area contributed by atoms with Crippen molar-refractivity contribution in [3.05, 3.63) is 29.8 Å². The van der Waals surface area contributed by atoms with Crippen LogP contribution < -0.4 is 10.5 Å². The molecule has 0 saturated carbocycles. The van der Waals surface area contributed by atoms with Gasteiger partial charge in [0.2, 0.25) is 0 Å². The molecule has 0 bridgehead atoms. The Morgan fingerprint density at radius 2 is 1.82 bits per heavy atom. The Morgan fingerprint density at radius 1 is 1.18 bits per heavy atom. The molecule has 7 nitrogen and oxygen atoms in total. The third kappa shape index (κ3) is 5.08. The van der Waals surface area contributed by atoms with Crippen LogP contribution in [0.1, 0.15) is 24.2 Å². The molecule has 22 heavy (non-hydrogen) atoms. The van der Waals surface area contributed by atoms with Crippen molar-refractivity contribution in [2.45, 2.75) is 19.9 Å². The van der Waals surface area contributed by atoms with Gasteiger partial charge in [0.05, 0.1) is 0 Å². The number of nitrogens with zero attached hydrogens (tertiary/aromatic N) is 1. The second-order valence-corrected chi connectivity index (χ2v) is 4.93. The molecule has 1 aromatic carbocycles. The van der Waals surface area contributed by atoms with Crippen molar-refractivity contribution in [3.63, 3.8) is 0 Å². The number of amides is 2. The maximum atomic E-state index is 12.0. The average Bonchev–Trinajstić information content (AvgIpc) is 2.49. The minimum Gasteiger partial charge on any atom is -0.483 e. The van der Waals surface area contributed by atoms with Gasteiger partial charge < -0.3 is 20.1 Å². The first-order valence-electron chi connectivity index (χ1n) is 6.75. The molecule has 0 aliphatic heterocycles. The average molecular weight is 308 g/mol. The van der Waals surface area contributed by atoms with E-state index >= 15 is 0 Å². The van der Waals surface area contributed by atoms with Crippen LogP contribution in [0, 0.1) is 0 Å². The van der Waals surface area contributed by atoms with Crippen LogP contribution in [0.15, 0.2) is 24.3 Å². The van der Waals surface area contributed by atoms with Gasteiger partial charge in [-0.1, -0.05) is 12.1 Å². The summed E-state index contributed by atoms with van der Waals surface area (Å²) in [5, 5.41) is 0. The van der Waals surface area contributed by atoms with E-state index in [0.29, 0.717) is 0 Å². The Morgan fingerprint density at radius 3 is 2.41 bits per heavy atom. The molecule has 0 radical (unpaired) electrons. The number of carbonyl (C=O) groups excluding carboxylic acids is 3. The number of benzene rings is 1. The maximum Gasteiger partial charge on any atom is 0.342 e. The van der Waals surface area contributed by atoms with Crippen molar-refractivity contribution < 1.29 is 23.9 Å². The number of primary amides is 1. The normalized spacial score (nSPS) is 10.2. The summed E-state index contributed by atoms with van der Waals surface area (Å²) in [5.41, 5.74) is 5.12. The zero-order valence-electron chi connectivity index (χ0n) is 12.9. The summed E-state index contributed by atoms with van der Waals surface area (Å²) in [6.07, 6.45) is 0. The van der Waals surface area contributed by atoms with Gasteiger partial charge >= 0.3 is 5.97 Å². The van der Waals surface area contributed by atoms with Crippen LogP contribution in [0.2, 0.25) is 0 Å². The Labute approximate surface area is 129 Å². The summed E-state index contributed by atoms with van der Waals surface area (Å²) in [4.78, 5) is 36.0. The Hall–Kier alpha value is -2.57. The molecule has 2 N–H and O–H groups in total. The lowest BCUT2D eigenvalue weighted by Gasteiger charge is -2.21. The third-order valence-electron chi connectivity index (χ3n) is 2.97. The van der Waals surface area contributed by atoms with E-state index in [2.05, 4.69) is 0 Å². The fourth-order valence-electron chi connectivity index (χ4n) is 1.50. The number of nitrogens with two attached hydrogens (primary N) is 1. The summed E-state index contributed by atoms with van der Waals surface area (Å²) in [7, 11) is 1.63. The highest BCUT2D eigenvalue weighted by Crippen LogP contribution is 2.18. The Bertz CT molecular complexity index is 557. The number of rotatable bonds is 7. The van der Waals surface area contributed by atoms with Gasteiger partial charge in [0.25, 0.3) is 11.8 Å². The van der Waals surface area contributed by atoms with E-state index in [9.17, 15) is 14.4 Å². The van der Waals surface area contributed by atoms with Crippen LogP contribution in [-0.4, -0.2) is 49.0 Å². The molecule has 0 aliphatic rings. The number of ether oxygens (including phenoxy) is 2. The fraction of sp³-hybridized carbons (Fsp3) is 0.400. The molecule has 120 valence electrons. The first kappa shape index (κ1) is 17.5. The summed E-state index contributed by atoms with van der Waals surface area (Å²) in [5.74, 6) is -1.49. The minimum absolute atomic E-state index is 0.0115. The first-order chi connectivity index (χ1) is 10.3. The molecular formula is C15H20N2O5. The highest BCUT2D eigenvalue weighted by Gasteiger charge is 2.18. The molecule has 0 saturated heterocycles. The minimum atomic E-state index is -0.703. The van der Waals surface area contributed by atoms with E-state index in [4.69, 9.17) is 15.2 Å². The second-order valence-electron chi connectivity index (χ2n) is 4.93. The lowest BCUT2D eigenvalue weighted by atomic mass is 10.2. The molecular weight excluding hydrogens is 288 g/mol. The Balaban J connectivity index is 2.69. The van der Waals surface area contributed by atoms with Gasteiger partial charge in [-0.2, -0.15) is 0 Å². The Kier molecular flexibility index (Phi) is 6.37. The number of hydrogen-bond donors (Lipinski definition) is 1. The SMILES string of the molecule is CC(C)N(C)C(=O)COC(=O)c1ccccc1OCC(N)=O. The lowest BCUT2D eigenvalue weighted by Crippen LogP contribution is -2.36. The predicted molar refractivity (Wildman–Crippen MR) is 79.3 cm³/mol. The van der Waals surface area contributed by atoms with E-state index < -0.39 is 11.9 Å². The lowest BCUT2D eigenvalue weighted by molar-refractivity contribution is -0.134. The standard InChI is InChI=1S/C15H20N2O5/c1-10(2)17(3)14(19)9-22-15(20)11-6-4-5-7-12(11)21-8-13(16)18/h4-7,10H,8-9H2,1-3H3,(H2,16,18). The molecule has 1 aromatic rings. The largest absolute Gasteiger partial charge is 0.483 e. The number of likely N-dealkylation sites (N-methyl/N-ethyl adjacent to an activating group) is 1. The van der Waals surface area contributed by atoms with E-state index in [-0.39, 0.29) is 36.5 Å². The van der Waals surface area contributed by atoms with Gasteiger partial charge in [-0.25, -0.2) is 4.79 Å². The van der Waals surface area contributed by atoms with E-state index in [1.807, 2.05) is 13.8 Å². The topological polar surface area (TPSA) is 98.9 Å². The van der Waals surface area contributed by atoms with Gasteiger partial charge in [-0.3, -0.25) is 9.59 Å². The summed E-state index contributed by atoms with van der Waals surface area (Å²) in [6.45, 7) is 3.00. The monoisotopic (exact) mass is 308 g/mol. The molecule has 0 aliphatic carbocycles. The van der Waals surface area contributed by atoms with Crippen LogP contribution in [0.25, 0.3) is 0 Å². The smallest absolute Gasteiger partial charge is 0.342 e. The summed E-state index contributed by atoms with van der Waals surface area (Å²) >= 11 is 0. The number of carbonyl (C=O) groups is 3. The number of para-hydroxylation sites is 1. The van der Waals surface area contributed by atoms with Crippen molar-refractivity contribution in [2.75, 3.05) is 20.3 Å². The van der Waals surface area contributed by atoms with Crippen LogP contribution in [0.4, 0.5) is 0 Å². The number of hydrogen-bond acceptors (Lipinski definition) is 5. The molecule has 0 heterocycles. The van der Waals surface area contributed by atoms with Gasteiger partial charge in [0, 0.05) is 13.1 Å². The zero-order valence-corrected chi connectivity index (χ0v) is 12.9. The number of esters is 1. The zero-order chi connectivity index (χ0) is 16.7. The van der Waals surface area contributed by atoms with Gasteiger partial charge in [0.15, 0.2) is 13.2 Å². The molecule has 1 rings (SSSR count). The van der Waals surface area contributed by atoms with Crippen LogP contribution in [0.3, 0.4) is 0 Å². The van der Waals surface area contributed by atoms with Crippen molar-refractivity contribution in [1.82, 2.24) is 4.90 Å². The summed E-state index contributed by atoms with van der Waals surface area (Å²) < 4.78 is 10.1. The molecule has 0 atom stereocenters. The highest BCUT2D eigenvalue weighted by molar-refractivity contribution is 5.94. The van der Waals surface area contributed by atoms with Gasteiger partial charge in [-0.05, 0) is 26.0 Å². The van der Waals surface area contributed by atoms with Crippen molar-refractivity contribution in [3.8, 4) is 5.75 Å². The molecule has 0 spiro atoms. The second kappa shape index (κ2) is 8.02. The molecule has 2 amide bonds. The molecule has 0 fully saturated rings. The van der Waals surface area contributed by atoms with Crippen LogP contribution >= 0.6 is 0 Å². The van der Waals surface area contributed by atoms with E-state index in [0.717, 1.165) is 0 Å². The third-order valence-corrected chi connectivity index (χ3v) is 2.97. The van der Waals surface area contributed by atoms with Gasteiger partial charge in [-0.15, -0.1) is 0 Å². The van der Waals surface area contributed by atoms with Crippen LogP contribution in [-0.2, 0) is 14.3 Å². The quantitative estimate of drug-likeness (QED) is 0.743. The van der Waals surface area contributed by atoms with E-state index in [1.54, 1.807) is 19.2 Å².